The maximum absolute atomic E-state index is 11.5. The van der Waals surface area contributed by atoms with Crippen molar-refractivity contribution in [3.63, 3.8) is 0 Å². The molecule has 2 aliphatic rings. The second kappa shape index (κ2) is 5.49. The van der Waals surface area contributed by atoms with Crippen LogP contribution >= 0.6 is 0 Å². The van der Waals surface area contributed by atoms with Gasteiger partial charge in [0.1, 0.15) is 6.29 Å². The molecule has 1 saturated carbocycles. The zero-order valence-corrected chi connectivity index (χ0v) is 11.2. The Bertz CT molecular complexity index is 255. The smallest absolute Gasteiger partial charge is 0.127 e. The summed E-state index contributed by atoms with van der Waals surface area (Å²) in [4.78, 5) is 14.0. The molecule has 17 heavy (non-hydrogen) atoms. The molecule has 2 fully saturated rings. The standard InChI is InChI=1S/C14H25NO2/c1-12(2)9-15(13-3-4-13)10-14(11-16)5-7-17-8-6-14/h11-13H,3-10H2,1-2H3. The van der Waals surface area contributed by atoms with E-state index < -0.39 is 0 Å². The van der Waals surface area contributed by atoms with Gasteiger partial charge in [-0.15, -0.1) is 0 Å². The molecule has 3 nitrogen and oxygen atoms in total. The summed E-state index contributed by atoms with van der Waals surface area (Å²) in [7, 11) is 0. The Morgan fingerprint density at radius 3 is 2.47 bits per heavy atom. The topological polar surface area (TPSA) is 29.5 Å². The van der Waals surface area contributed by atoms with Crippen molar-refractivity contribution in [3.8, 4) is 0 Å². The highest BCUT2D eigenvalue weighted by molar-refractivity contribution is 5.60. The maximum atomic E-state index is 11.5. The van der Waals surface area contributed by atoms with E-state index in [1.807, 2.05) is 0 Å². The van der Waals surface area contributed by atoms with Gasteiger partial charge in [0.25, 0.3) is 0 Å². The van der Waals surface area contributed by atoms with Crippen LogP contribution in [0.1, 0.15) is 39.5 Å². The van der Waals surface area contributed by atoms with E-state index >= 15 is 0 Å². The van der Waals surface area contributed by atoms with Crippen molar-refractivity contribution in [3.05, 3.63) is 0 Å². The first kappa shape index (κ1) is 13.0. The van der Waals surface area contributed by atoms with Crippen molar-refractivity contribution in [2.24, 2.45) is 11.3 Å². The molecule has 0 unspecified atom stereocenters. The van der Waals surface area contributed by atoms with E-state index in [2.05, 4.69) is 18.7 Å². The molecule has 0 spiro atoms. The van der Waals surface area contributed by atoms with Gasteiger partial charge in [0, 0.05) is 37.8 Å². The van der Waals surface area contributed by atoms with E-state index in [4.69, 9.17) is 4.74 Å². The lowest BCUT2D eigenvalue weighted by Crippen LogP contribution is -2.44. The van der Waals surface area contributed by atoms with E-state index in [0.717, 1.165) is 45.2 Å². The lowest BCUT2D eigenvalue weighted by molar-refractivity contribution is -0.123. The molecule has 2 rings (SSSR count). The number of rotatable bonds is 6. The predicted molar refractivity (Wildman–Crippen MR) is 68.0 cm³/mol. The van der Waals surface area contributed by atoms with Crippen LogP contribution in [0.3, 0.4) is 0 Å². The number of aldehydes is 1. The zero-order chi connectivity index (χ0) is 12.3. The first-order valence-electron chi connectivity index (χ1n) is 6.93. The van der Waals surface area contributed by atoms with Crippen LogP contribution in [0.4, 0.5) is 0 Å². The van der Waals surface area contributed by atoms with E-state index in [1.54, 1.807) is 0 Å². The van der Waals surface area contributed by atoms with Gasteiger partial charge in [0.05, 0.1) is 0 Å². The Morgan fingerprint density at radius 1 is 1.35 bits per heavy atom. The number of carbonyl (C=O) groups is 1. The van der Waals surface area contributed by atoms with Crippen molar-refractivity contribution in [1.82, 2.24) is 4.90 Å². The van der Waals surface area contributed by atoms with Crippen LogP contribution < -0.4 is 0 Å². The minimum Gasteiger partial charge on any atom is -0.381 e. The number of nitrogens with zero attached hydrogens (tertiary/aromatic N) is 1. The largest absolute Gasteiger partial charge is 0.381 e. The number of hydrogen-bond acceptors (Lipinski definition) is 3. The fraction of sp³-hybridized carbons (Fsp3) is 0.929. The van der Waals surface area contributed by atoms with Crippen LogP contribution in [-0.2, 0) is 9.53 Å². The van der Waals surface area contributed by atoms with Crippen LogP contribution in [0.15, 0.2) is 0 Å². The van der Waals surface area contributed by atoms with Crippen molar-refractivity contribution in [2.75, 3.05) is 26.3 Å². The zero-order valence-electron chi connectivity index (χ0n) is 11.2. The molecule has 0 aromatic heterocycles. The third kappa shape index (κ3) is 3.52. The van der Waals surface area contributed by atoms with Gasteiger partial charge < -0.3 is 9.53 Å². The van der Waals surface area contributed by atoms with Gasteiger partial charge in [0.2, 0.25) is 0 Å². The van der Waals surface area contributed by atoms with Crippen molar-refractivity contribution in [2.45, 2.75) is 45.6 Å². The molecule has 0 aromatic carbocycles. The molecule has 0 bridgehead atoms. The van der Waals surface area contributed by atoms with Gasteiger partial charge in [0.15, 0.2) is 0 Å². The van der Waals surface area contributed by atoms with Crippen LogP contribution in [0.2, 0.25) is 0 Å². The molecule has 0 radical (unpaired) electrons. The fourth-order valence-electron chi connectivity index (χ4n) is 2.75. The molecule has 3 heteroatoms. The van der Waals surface area contributed by atoms with E-state index in [-0.39, 0.29) is 5.41 Å². The molecule has 0 N–H and O–H groups in total. The summed E-state index contributed by atoms with van der Waals surface area (Å²) in [6, 6.07) is 0.747. The number of ether oxygens (including phenoxy) is 1. The fourth-order valence-corrected chi connectivity index (χ4v) is 2.75. The maximum Gasteiger partial charge on any atom is 0.127 e. The summed E-state index contributed by atoms with van der Waals surface area (Å²) >= 11 is 0. The Kier molecular flexibility index (Phi) is 4.21. The minimum absolute atomic E-state index is 0.129. The molecule has 1 aliphatic carbocycles. The highest BCUT2D eigenvalue weighted by Gasteiger charge is 2.38. The Morgan fingerprint density at radius 2 is 2.00 bits per heavy atom. The second-order valence-corrected chi connectivity index (χ2v) is 6.15. The van der Waals surface area contributed by atoms with Crippen molar-refractivity contribution < 1.29 is 9.53 Å². The lowest BCUT2D eigenvalue weighted by Gasteiger charge is -2.37. The third-order valence-corrected chi connectivity index (χ3v) is 3.92. The normalized spacial score (nSPS) is 24.2. The summed E-state index contributed by atoms with van der Waals surface area (Å²) in [6.45, 7) is 8.08. The molecular weight excluding hydrogens is 214 g/mol. The molecular formula is C14H25NO2. The number of hydrogen-bond donors (Lipinski definition) is 0. The summed E-state index contributed by atoms with van der Waals surface area (Å²) in [6.07, 6.45) is 5.64. The first-order valence-corrected chi connectivity index (χ1v) is 6.93. The quantitative estimate of drug-likeness (QED) is 0.665. The summed E-state index contributed by atoms with van der Waals surface area (Å²) in [5.74, 6) is 0.680. The molecule has 1 saturated heterocycles. The molecule has 0 atom stereocenters. The molecule has 1 heterocycles. The Labute approximate surface area is 105 Å². The summed E-state index contributed by atoms with van der Waals surface area (Å²) in [5.41, 5.74) is -0.129. The van der Waals surface area contributed by atoms with Crippen molar-refractivity contribution in [1.29, 1.82) is 0 Å². The van der Waals surface area contributed by atoms with Gasteiger partial charge in [-0.2, -0.15) is 0 Å². The highest BCUT2D eigenvalue weighted by Crippen LogP contribution is 2.35. The highest BCUT2D eigenvalue weighted by atomic mass is 16.5. The molecule has 98 valence electrons. The average Bonchev–Trinajstić information content (AvgIpc) is 3.13. The van der Waals surface area contributed by atoms with Crippen molar-refractivity contribution >= 4 is 6.29 Å². The molecule has 1 aliphatic heterocycles. The summed E-state index contributed by atoms with van der Waals surface area (Å²) in [5, 5.41) is 0. The van der Waals surface area contributed by atoms with E-state index in [9.17, 15) is 4.79 Å². The van der Waals surface area contributed by atoms with Crippen LogP contribution in [-0.4, -0.2) is 43.5 Å². The van der Waals surface area contributed by atoms with Crippen LogP contribution in [0, 0.1) is 11.3 Å². The SMILES string of the molecule is CC(C)CN(CC1(C=O)CCOCC1)C1CC1. The monoisotopic (exact) mass is 239 g/mol. The van der Waals surface area contributed by atoms with Crippen LogP contribution in [0.5, 0.6) is 0 Å². The van der Waals surface area contributed by atoms with Crippen LogP contribution in [0.25, 0.3) is 0 Å². The van der Waals surface area contributed by atoms with Gasteiger partial charge in [-0.1, -0.05) is 13.8 Å². The predicted octanol–water partition coefficient (Wildman–Crippen LogP) is 2.10. The third-order valence-electron chi connectivity index (χ3n) is 3.92. The van der Waals surface area contributed by atoms with Gasteiger partial charge >= 0.3 is 0 Å². The summed E-state index contributed by atoms with van der Waals surface area (Å²) < 4.78 is 5.39. The van der Waals surface area contributed by atoms with Gasteiger partial charge in [-0.3, -0.25) is 4.90 Å². The second-order valence-electron chi connectivity index (χ2n) is 6.15. The Balaban J connectivity index is 1.96. The van der Waals surface area contributed by atoms with Gasteiger partial charge in [-0.25, -0.2) is 0 Å². The molecule has 0 amide bonds. The average molecular weight is 239 g/mol. The lowest BCUT2D eigenvalue weighted by atomic mass is 9.81. The van der Waals surface area contributed by atoms with E-state index in [1.165, 1.54) is 19.1 Å². The minimum atomic E-state index is -0.129. The van der Waals surface area contributed by atoms with Gasteiger partial charge in [-0.05, 0) is 31.6 Å². The molecule has 0 aromatic rings. The Hall–Kier alpha value is -0.410. The first-order chi connectivity index (χ1) is 8.15. The van der Waals surface area contributed by atoms with E-state index in [0.29, 0.717) is 5.92 Å². The number of carbonyl (C=O) groups excluding carboxylic acids is 1.